The fourth-order valence-electron chi connectivity index (χ4n) is 2.61. The van der Waals surface area contributed by atoms with Crippen molar-refractivity contribution in [2.75, 3.05) is 32.7 Å². The van der Waals surface area contributed by atoms with Gasteiger partial charge in [0.05, 0.1) is 6.54 Å². The first-order valence-electron chi connectivity index (χ1n) is 7.01. The lowest BCUT2D eigenvalue weighted by Gasteiger charge is -2.27. The highest BCUT2D eigenvalue weighted by Gasteiger charge is 2.21. The second-order valence-electron chi connectivity index (χ2n) is 5.29. The van der Waals surface area contributed by atoms with Gasteiger partial charge in [0.1, 0.15) is 0 Å². The van der Waals surface area contributed by atoms with Crippen LogP contribution in [0.5, 0.6) is 0 Å². The van der Waals surface area contributed by atoms with Crippen LogP contribution in [0.2, 0.25) is 0 Å². The molecule has 2 N–H and O–H groups in total. The molecule has 2 aliphatic rings. The number of hydrogen-bond acceptors (Lipinski definition) is 3. The molecule has 2 amide bonds. The number of rotatable bonds is 4. The van der Waals surface area contributed by atoms with E-state index in [1.807, 2.05) is 0 Å². The zero-order valence-corrected chi connectivity index (χ0v) is 12.1. The van der Waals surface area contributed by atoms with E-state index in [2.05, 4.69) is 10.6 Å². The normalized spacial score (nSPS) is 23.7. The van der Waals surface area contributed by atoms with Crippen molar-refractivity contribution in [3.8, 4) is 0 Å². The zero-order valence-electron chi connectivity index (χ0n) is 11.3. The Kier molecular flexibility index (Phi) is 7.16. The van der Waals surface area contributed by atoms with Gasteiger partial charge in [0.25, 0.3) is 0 Å². The van der Waals surface area contributed by atoms with E-state index in [4.69, 9.17) is 0 Å². The molecule has 0 aliphatic carbocycles. The first-order chi connectivity index (χ1) is 8.75. The predicted octanol–water partition coefficient (Wildman–Crippen LogP) is 0.536. The summed E-state index contributed by atoms with van der Waals surface area (Å²) in [4.78, 5) is 25.0. The minimum Gasteiger partial charge on any atom is -0.354 e. The second-order valence-corrected chi connectivity index (χ2v) is 5.29. The van der Waals surface area contributed by atoms with E-state index in [1.54, 1.807) is 4.90 Å². The molecule has 0 saturated carbocycles. The van der Waals surface area contributed by atoms with Crippen molar-refractivity contribution in [1.82, 2.24) is 15.5 Å². The molecular weight excluding hydrogens is 266 g/mol. The molecule has 1 unspecified atom stereocenters. The molecule has 2 heterocycles. The van der Waals surface area contributed by atoms with E-state index in [1.165, 1.54) is 12.8 Å². The SMILES string of the molecule is Cl.O=C(CN1CCCCC1=O)NCC1CCCNC1. The third kappa shape index (κ3) is 5.37. The van der Waals surface area contributed by atoms with Crippen molar-refractivity contribution < 1.29 is 9.59 Å². The minimum atomic E-state index is -0.0178. The first-order valence-corrected chi connectivity index (χ1v) is 7.01. The zero-order chi connectivity index (χ0) is 12.8. The van der Waals surface area contributed by atoms with Crippen LogP contribution in [0.4, 0.5) is 0 Å². The van der Waals surface area contributed by atoms with Gasteiger partial charge in [-0.1, -0.05) is 0 Å². The summed E-state index contributed by atoms with van der Waals surface area (Å²) in [6.07, 6.45) is 4.94. The van der Waals surface area contributed by atoms with Crippen LogP contribution >= 0.6 is 12.4 Å². The van der Waals surface area contributed by atoms with Gasteiger partial charge in [-0.15, -0.1) is 12.4 Å². The van der Waals surface area contributed by atoms with Crippen molar-refractivity contribution in [2.45, 2.75) is 32.1 Å². The van der Waals surface area contributed by atoms with E-state index >= 15 is 0 Å². The fourth-order valence-corrected chi connectivity index (χ4v) is 2.61. The van der Waals surface area contributed by atoms with Crippen molar-refractivity contribution >= 4 is 24.2 Å². The molecule has 19 heavy (non-hydrogen) atoms. The lowest BCUT2D eigenvalue weighted by molar-refractivity contribution is -0.137. The first kappa shape index (κ1) is 16.2. The lowest BCUT2D eigenvalue weighted by atomic mass is 10.00. The van der Waals surface area contributed by atoms with Crippen LogP contribution in [0.1, 0.15) is 32.1 Å². The van der Waals surface area contributed by atoms with Crippen LogP contribution in [0.25, 0.3) is 0 Å². The van der Waals surface area contributed by atoms with Gasteiger partial charge in [-0.05, 0) is 44.7 Å². The van der Waals surface area contributed by atoms with Gasteiger partial charge < -0.3 is 15.5 Å². The van der Waals surface area contributed by atoms with E-state index in [9.17, 15) is 9.59 Å². The van der Waals surface area contributed by atoms with Crippen LogP contribution < -0.4 is 10.6 Å². The number of carbonyl (C=O) groups excluding carboxylic acids is 2. The Labute approximate surface area is 120 Å². The Morgan fingerprint density at radius 2 is 2.21 bits per heavy atom. The minimum absolute atomic E-state index is 0. The summed E-state index contributed by atoms with van der Waals surface area (Å²) in [5.74, 6) is 0.645. The molecule has 0 aromatic heterocycles. The quantitative estimate of drug-likeness (QED) is 0.794. The lowest BCUT2D eigenvalue weighted by Crippen LogP contribution is -2.45. The molecule has 2 aliphatic heterocycles. The molecule has 5 nitrogen and oxygen atoms in total. The van der Waals surface area contributed by atoms with Gasteiger partial charge >= 0.3 is 0 Å². The summed E-state index contributed by atoms with van der Waals surface area (Å²) in [6, 6.07) is 0. The standard InChI is InChI=1S/C13H23N3O2.ClH/c17-12(10-16-7-2-1-5-13(16)18)15-9-11-4-3-6-14-8-11;/h11,14H,1-10H2,(H,15,17);1H. The number of likely N-dealkylation sites (tertiary alicyclic amines) is 1. The third-order valence-electron chi connectivity index (χ3n) is 3.74. The van der Waals surface area contributed by atoms with Crippen molar-refractivity contribution in [2.24, 2.45) is 5.92 Å². The van der Waals surface area contributed by atoms with Gasteiger partial charge in [-0.3, -0.25) is 9.59 Å². The summed E-state index contributed by atoms with van der Waals surface area (Å²) in [7, 11) is 0. The maximum Gasteiger partial charge on any atom is 0.239 e. The van der Waals surface area contributed by atoms with Gasteiger partial charge in [0.2, 0.25) is 11.8 Å². The summed E-state index contributed by atoms with van der Waals surface area (Å²) in [5, 5.41) is 6.28. The highest BCUT2D eigenvalue weighted by Crippen LogP contribution is 2.10. The molecule has 2 fully saturated rings. The molecule has 0 bridgehead atoms. The van der Waals surface area contributed by atoms with Gasteiger partial charge in [0.15, 0.2) is 0 Å². The predicted molar refractivity (Wildman–Crippen MR) is 76.3 cm³/mol. The molecule has 1 atom stereocenters. The average Bonchev–Trinajstić information content (AvgIpc) is 2.40. The van der Waals surface area contributed by atoms with Gasteiger partial charge in [-0.25, -0.2) is 0 Å². The van der Waals surface area contributed by atoms with Crippen molar-refractivity contribution in [3.05, 3.63) is 0 Å². The molecule has 0 aromatic rings. The van der Waals surface area contributed by atoms with E-state index in [-0.39, 0.29) is 30.8 Å². The molecule has 2 rings (SSSR count). The largest absolute Gasteiger partial charge is 0.354 e. The molecule has 0 aromatic carbocycles. The van der Waals surface area contributed by atoms with Crippen LogP contribution in [0, 0.1) is 5.92 Å². The van der Waals surface area contributed by atoms with Crippen LogP contribution in [-0.4, -0.2) is 49.4 Å². The van der Waals surface area contributed by atoms with E-state index < -0.39 is 0 Å². The maximum absolute atomic E-state index is 11.8. The molecular formula is C13H24ClN3O2. The highest BCUT2D eigenvalue weighted by molar-refractivity contribution is 5.85. The molecule has 2 saturated heterocycles. The number of nitrogens with one attached hydrogen (secondary N) is 2. The monoisotopic (exact) mass is 289 g/mol. The number of amides is 2. The Balaban J connectivity index is 0.00000180. The maximum atomic E-state index is 11.8. The summed E-state index contributed by atoms with van der Waals surface area (Å²) < 4.78 is 0. The topological polar surface area (TPSA) is 61.4 Å². The van der Waals surface area contributed by atoms with Crippen LogP contribution in [-0.2, 0) is 9.59 Å². The van der Waals surface area contributed by atoms with E-state index in [0.29, 0.717) is 12.3 Å². The van der Waals surface area contributed by atoms with Crippen molar-refractivity contribution in [3.63, 3.8) is 0 Å². The van der Waals surface area contributed by atoms with Crippen molar-refractivity contribution in [1.29, 1.82) is 0 Å². The van der Waals surface area contributed by atoms with Gasteiger partial charge in [0, 0.05) is 19.5 Å². The molecule has 110 valence electrons. The number of carbonyl (C=O) groups is 2. The Bertz CT molecular complexity index is 306. The molecule has 0 spiro atoms. The van der Waals surface area contributed by atoms with Crippen LogP contribution in [0.15, 0.2) is 0 Å². The van der Waals surface area contributed by atoms with Gasteiger partial charge in [-0.2, -0.15) is 0 Å². The second kappa shape index (κ2) is 8.38. The Morgan fingerprint density at radius 1 is 1.37 bits per heavy atom. The molecule has 6 heteroatoms. The number of nitrogens with zero attached hydrogens (tertiary/aromatic N) is 1. The highest BCUT2D eigenvalue weighted by atomic mass is 35.5. The Hall–Kier alpha value is -0.810. The van der Waals surface area contributed by atoms with E-state index in [0.717, 1.165) is 39.0 Å². The average molecular weight is 290 g/mol. The number of piperidine rings is 2. The number of hydrogen-bond donors (Lipinski definition) is 2. The summed E-state index contributed by atoms with van der Waals surface area (Å²) in [6.45, 7) is 3.78. The molecule has 0 radical (unpaired) electrons. The summed E-state index contributed by atoms with van der Waals surface area (Å²) in [5.41, 5.74) is 0. The number of halogens is 1. The van der Waals surface area contributed by atoms with Crippen LogP contribution in [0.3, 0.4) is 0 Å². The third-order valence-corrected chi connectivity index (χ3v) is 3.74. The fraction of sp³-hybridized carbons (Fsp3) is 0.846. The Morgan fingerprint density at radius 3 is 2.89 bits per heavy atom. The summed E-state index contributed by atoms with van der Waals surface area (Å²) >= 11 is 0. The smallest absolute Gasteiger partial charge is 0.239 e.